The van der Waals surface area contributed by atoms with Crippen LogP contribution in [-0.4, -0.2) is 34.6 Å². The van der Waals surface area contributed by atoms with Crippen molar-refractivity contribution in [2.45, 2.75) is 12.5 Å². The SMILES string of the molecule is CSCCC(N)C(=O)O.O. The van der Waals surface area contributed by atoms with E-state index in [1.54, 1.807) is 11.8 Å². The van der Waals surface area contributed by atoms with E-state index >= 15 is 0 Å². The molecule has 0 rings (SSSR count). The smallest absolute Gasteiger partial charge is 0.320 e. The minimum absolute atomic E-state index is 0. The summed E-state index contributed by atoms with van der Waals surface area (Å²) < 4.78 is 0. The summed E-state index contributed by atoms with van der Waals surface area (Å²) >= 11 is 1.60. The average molecular weight is 167 g/mol. The van der Waals surface area contributed by atoms with Crippen LogP contribution in [0.1, 0.15) is 6.42 Å². The Morgan fingerprint density at radius 3 is 2.60 bits per heavy atom. The van der Waals surface area contributed by atoms with E-state index in [0.717, 1.165) is 5.75 Å². The summed E-state index contributed by atoms with van der Waals surface area (Å²) in [5, 5.41) is 8.27. The maximum Gasteiger partial charge on any atom is 0.320 e. The van der Waals surface area contributed by atoms with Gasteiger partial charge in [-0.1, -0.05) is 0 Å². The van der Waals surface area contributed by atoms with Crippen molar-refractivity contribution in [1.29, 1.82) is 0 Å². The third-order valence-corrected chi connectivity index (χ3v) is 1.59. The molecule has 0 amide bonds. The molecule has 0 bridgehead atoms. The molecule has 1 atom stereocenters. The summed E-state index contributed by atoms with van der Waals surface area (Å²) in [4.78, 5) is 10.1. The average Bonchev–Trinajstić information content (AvgIpc) is 1.82. The van der Waals surface area contributed by atoms with Crippen molar-refractivity contribution in [2.24, 2.45) is 5.73 Å². The van der Waals surface area contributed by atoms with Gasteiger partial charge in [0, 0.05) is 0 Å². The van der Waals surface area contributed by atoms with E-state index in [1.807, 2.05) is 6.26 Å². The monoisotopic (exact) mass is 167 g/mol. The molecule has 0 spiro atoms. The van der Waals surface area contributed by atoms with Crippen molar-refractivity contribution in [3.05, 3.63) is 0 Å². The second kappa shape index (κ2) is 6.85. The molecular weight excluding hydrogens is 154 g/mol. The molecule has 0 saturated carbocycles. The largest absolute Gasteiger partial charge is 0.480 e. The number of hydrogen-bond acceptors (Lipinski definition) is 3. The summed E-state index contributed by atoms with van der Waals surface area (Å²) in [6, 6.07) is -0.683. The summed E-state index contributed by atoms with van der Waals surface area (Å²) in [7, 11) is 0. The van der Waals surface area contributed by atoms with Gasteiger partial charge in [-0.3, -0.25) is 4.79 Å². The summed E-state index contributed by atoms with van der Waals surface area (Å²) in [6.45, 7) is 0. The summed E-state index contributed by atoms with van der Waals surface area (Å²) in [6.07, 6.45) is 2.48. The topological polar surface area (TPSA) is 94.8 Å². The molecule has 5 N–H and O–H groups in total. The van der Waals surface area contributed by atoms with Crippen LogP contribution in [0.3, 0.4) is 0 Å². The van der Waals surface area contributed by atoms with Crippen molar-refractivity contribution in [3.8, 4) is 0 Å². The number of hydrogen-bond donors (Lipinski definition) is 2. The van der Waals surface area contributed by atoms with Gasteiger partial charge in [0.05, 0.1) is 0 Å². The van der Waals surface area contributed by atoms with Gasteiger partial charge < -0.3 is 16.3 Å². The minimum atomic E-state index is -0.913. The molecule has 10 heavy (non-hydrogen) atoms. The lowest BCUT2D eigenvalue weighted by Crippen LogP contribution is -2.30. The molecule has 0 aromatic rings. The van der Waals surface area contributed by atoms with E-state index in [-0.39, 0.29) is 5.48 Å². The predicted octanol–water partition coefficient (Wildman–Crippen LogP) is -0.673. The Morgan fingerprint density at radius 2 is 2.30 bits per heavy atom. The second-order valence-corrected chi connectivity index (χ2v) is 2.71. The van der Waals surface area contributed by atoms with Gasteiger partial charge in [0.2, 0.25) is 0 Å². The Balaban J connectivity index is 0. The number of rotatable bonds is 4. The number of thioether (sulfide) groups is 1. The molecule has 0 radical (unpaired) electrons. The third-order valence-electron chi connectivity index (χ3n) is 0.950. The molecule has 1 unspecified atom stereocenters. The standard InChI is InChI=1S/C5H11NO2S.H2O/c1-9-3-2-4(6)5(7)8;/h4H,2-3,6H2,1H3,(H,7,8);1H2. The van der Waals surface area contributed by atoms with Crippen molar-refractivity contribution in [1.82, 2.24) is 0 Å². The normalized spacial score (nSPS) is 11.8. The maximum atomic E-state index is 10.1. The number of carbonyl (C=O) groups is 1. The van der Waals surface area contributed by atoms with E-state index in [1.165, 1.54) is 0 Å². The lowest BCUT2D eigenvalue weighted by atomic mass is 10.2. The van der Waals surface area contributed by atoms with E-state index in [0.29, 0.717) is 6.42 Å². The first-order valence-corrected chi connectivity index (χ1v) is 4.05. The van der Waals surface area contributed by atoms with E-state index in [2.05, 4.69) is 0 Å². The fourth-order valence-electron chi connectivity index (χ4n) is 0.368. The third kappa shape index (κ3) is 5.87. The van der Waals surface area contributed by atoms with E-state index in [9.17, 15) is 4.79 Å². The van der Waals surface area contributed by atoms with Crippen molar-refractivity contribution in [2.75, 3.05) is 12.0 Å². The zero-order chi connectivity index (χ0) is 7.28. The minimum Gasteiger partial charge on any atom is -0.480 e. The van der Waals surface area contributed by atoms with Crippen LogP contribution in [0, 0.1) is 0 Å². The molecule has 0 saturated heterocycles. The van der Waals surface area contributed by atoms with Gasteiger partial charge >= 0.3 is 5.97 Å². The Labute approximate surface area is 64.1 Å². The fourth-order valence-corrected chi connectivity index (χ4v) is 0.858. The lowest BCUT2D eigenvalue weighted by Gasteiger charge is -2.02. The molecule has 0 aliphatic heterocycles. The number of carboxylic acid groups (broad SMARTS) is 1. The Morgan fingerprint density at radius 1 is 1.80 bits per heavy atom. The lowest BCUT2D eigenvalue weighted by molar-refractivity contribution is -0.138. The Bertz CT molecular complexity index is 98.9. The molecule has 0 aromatic heterocycles. The van der Waals surface area contributed by atoms with Crippen LogP contribution < -0.4 is 5.73 Å². The number of aliphatic carboxylic acids is 1. The van der Waals surface area contributed by atoms with Gasteiger partial charge in [-0.05, 0) is 18.4 Å². The van der Waals surface area contributed by atoms with Crippen LogP contribution >= 0.6 is 11.8 Å². The Kier molecular flexibility index (Phi) is 8.51. The van der Waals surface area contributed by atoms with Crippen LogP contribution in [0.4, 0.5) is 0 Å². The van der Waals surface area contributed by atoms with Gasteiger partial charge in [-0.25, -0.2) is 0 Å². The highest BCUT2D eigenvalue weighted by Crippen LogP contribution is 1.97. The molecule has 5 heteroatoms. The number of nitrogens with two attached hydrogens (primary N) is 1. The quantitative estimate of drug-likeness (QED) is 0.580. The zero-order valence-corrected chi connectivity index (χ0v) is 6.65. The van der Waals surface area contributed by atoms with E-state index in [4.69, 9.17) is 10.8 Å². The first kappa shape index (κ1) is 12.4. The molecule has 4 nitrogen and oxygen atoms in total. The highest BCUT2D eigenvalue weighted by atomic mass is 32.2. The van der Waals surface area contributed by atoms with Gasteiger partial charge in [0.25, 0.3) is 0 Å². The maximum absolute atomic E-state index is 10.1. The van der Waals surface area contributed by atoms with Crippen LogP contribution in [-0.2, 0) is 4.79 Å². The molecule has 0 aliphatic rings. The molecular formula is C5H13NO3S. The Hall–Kier alpha value is -0.260. The van der Waals surface area contributed by atoms with Crippen LogP contribution in [0.5, 0.6) is 0 Å². The summed E-state index contributed by atoms with van der Waals surface area (Å²) in [5.74, 6) is -0.1000. The molecule has 0 aromatic carbocycles. The summed E-state index contributed by atoms with van der Waals surface area (Å²) in [5.41, 5.74) is 5.19. The highest BCUT2D eigenvalue weighted by Gasteiger charge is 2.08. The first-order valence-electron chi connectivity index (χ1n) is 2.65. The van der Waals surface area contributed by atoms with Crippen LogP contribution in [0.15, 0.2) is 0 Å². The highest BCUT2D eigenvalue weighted by molar-refractivity contribution is 7.98. The predicted molar refractivity (Wildman–Crippen MR) is 42.2 cm³/mol. The van der Waals surface area contributed by atoms with Crippen molar-refractivity contribution in [3.63, 3.8) is 0 Å². The molecule has 0 fully saturated rings. The zero-order valence-electron chi connectivity index (χ0n) is 5.83. The van der Waals surface area contributed by atoms with Gasteiger partial charge in [-0.15, -0.1) is 0 Å². The van der Waals surface area contributed by atoms with Gasteiger partial charge in [0.15, 0.2) is 0 Å². The van der Waals surface area contributed by atoms with Crippen molar-refractivity contribution < 1.29 is 15.4 Å². The second-order valence-electron chi connectivity index (χ2n) is 1.73. The fraction of sp³-hybridized carbons (Fsp3) is 0.800. The van der Waals surface area contributed by atoms with Gasteiger partial charge in [0.1, 0.15) is 6.04 Å². The van der Waals surface area contributed by atoms with Crippen LogP contribution in [0.2, 0.25) is 0 Å². The van der Waals surface area contributed by atoms with E-state index < -0.39 is 12.0 Å². The molecule has 0 aliphatic carbocycles. The van der Waals surface area contributed by atoms with Gasteiger partial charge in [-0.2, -0.15) is 11.8 Å². The van der Waals surface area contributed by atoms with Crippen LogP contribution in [0.25, 0.3) is 0 Å². The number of carboxylic acids is 1. The molecule has 62 valence electrons. The van der Waals surface area contributed by atoms with Crippen molar-refractivity contribution >= 4 is 17.7 Å². The first-order chi connectivity index (χ1) is 4.18. The molecule has 0 heterocycles.